The highest BCUT2D eigenvalue weighted by atomic mass is 18.2. The van der Waals surface area contributed by atoms with Crippen LogP contribution in [0.5, 0.6) is 0 Å². The molecule has 2 aromatic heterocycles. The molecule has 0 aromatic carbocycles. The zero-order valence-electron chi connectivity index (χ0n) is 10.3. The number of alkyl halides is 1. The highest BCUT2D eigenvalue weighted by molar-refractivity contribution is 5.13. The van der Waals surface area contributed by atoms with Gasteiger partial charge in [0.1, 0.15) is 18.6 Å². The highest BCUT2D eigenvalue weighted by Gasteiger charge is 2.13. The van der Waals surface area contributed by atoms with Gasteiger partial charge in [-0.25, -0.2) is 9.07 Å². The number of nitro groups is 1. The first-order valence-corrected chi connectivity index (χ1v) is 5.76. The Kier molecular flexibility index (Phi) is 3.83. The third-order valence-electron chi connectivity index (χ3n) is 2.73. The lowest BCUT2D eigenvalue weighted by molar-refractivity contribution is -0.389. The van der Waals surface area contributed by atoms with Crippen LogP contribution in [0.15, 0.2) is 18.7 Å². The zero-order valence-corrected chi connectivity index (χ0v) is 10.3. The summed E-state index contributed by atoms with van der Waals surface area (Å²) in [5, 5.41) is 18.3. The van der Waals surface area contributed by atoms with E-state index in [0.29, 0.717) is 18.7 Å². The standard InChI is InChI=1S/C10H13FN6O2/c1-2-9(3-11)16-5-8(13-14-16)4-15-6-10(12-7-15)17(18)19/h5-7,9H,2-4H2,1H3/i11-1. The van der Waals surface area contributed by atoms with Crippen LogP contribution in [-0.2, 0) is 6.54 Å². The van der Waals surface area contributed by atoms with E-state index in [1.54, 1.807) is 6.20 Å². The third-order valence-corrected chi connectivity index (χ3v) is 2.73. The lowest BCUT2D eigenvalue weighted by Crippen LogP contribution is -2.10. The second-order valence-corrected chi connectivity index (χ2v) is 4.07. The van der Waals surface area contributed by atoms with E-state index in [9.17, 15) is 14.5 Å². The van der Waals surface area contributed by atoms with Gasteiger partial charge in [0, 0.05) is 0 Å². The smallest absolute Gasteiger partial charge is 0.358 e. The fraction of sp³-hybridized carbons (Fsp3) is 0.500. The molecule has 102 valence electrons. The Morgan fingerprint density at radius 2 is 2.32 bits per heavy atom. The second kappa shape index (κ2) is 5.55. The molecule has 0 N–H and O–H groups in total. The van der Waals surface area contributed by atoms with Crippen molar-refractivity contribution in [3.63, 3.8) is 0 Å². The molecular weight excluding hydrogens is 254 g/mol. The van der Waals surface area contributed by atoms with E-state index in [2.05, 4.69) is 15.3 Å². The molecule has 0 aliphatic heterocycles. The van der Waals surface area contributed by atoms with E-state index >= 15 is 0 Å². The molecule has 0 spiro atoms. The summed E-state index contributed by atoms with van der Waals surface area (Å²) in [6, 6.07) is -0.321. The molecule has 0 radical (unpaired) electrons. The van der Waals surface area contributed by atoms with Crippen molar-refractivity contribution in [2.45, 2.75) is 25.9 Å². The van der Waals surface area contributed by atoms with Gasteiger partial charge < -0.3 is 14.7 Å². The van der Waals surface area contributed by atoms with E-state index in [1.165, 1.54) is 21.8 Å². The predicted octanol–water partition coefficient (Wildman–Crippen LogP) is 1.35. The van der Waals surface area contributed by atoms with Gasteiger partial charge >= 0.3 is 5.82 Å². The zero-order chi connectivity index (χ0) is 13.8. The first-order valence-electron chi connectivity index (χ1n) is 5.76. The van der Waals surface area contributed by atoms with Crippen LogP contribution < -0.4 is 0 Å². The summed E-state index contributed by atoms with van der Waals surface area (Å²) in [5.74, 6) is -0.220. The normalized spacial score (nSPS) is 12.5. The predicted molar refractivity (Wildman–Crippen MR) is 63.3 cm³/mol. The van der Waals surface area contributed by atoms with Crippen molar-refractivity contribution < 1.29 is 9.31 Å². The molecule has 0 fully saturated rings. The van der Waals surface area contributed by atoms with Crippen LogP contribution in [-0.4, -0.2) is 36.1 Å². The average Bonchev–Trinajstić information content (AvgIpc) is 3.01. The number of aromatic nitrogens is 5. The van der Waals surface area contributed by atoms with Gasteiger partial charge in [0.2, 0.25) is 6.33 Å². The molecule has 2 heterocycles. The summed E-state index contributed by atoms with van der Waals surface area (Å²) in [6.45, 7) is 1.67. The quantitative estimate of drug-likeness (QED) is 0.582. The van der Waals surface area contributed by atoms with Crippen molar-refractivity contribution in [3.05, 3.63) is 34.5 Å². The summed E-state index contributed by atoms with van der Waals surface area (Å²) in [4.78, 5) is 13.6. The van der Waals surface area contributed by atoms with Crippen LogP contribution in [0.3, 0.4) is 0 Å². The fourth-order valence-corrected chi connectivity index (χ4v) is 1.65. The molecule has 0 bridgehead atoms. The maximum absolute atomic E-state index is 12.7. The largest absolute Gasteiger partial charge is 0.381 e. The van der Waals surface area contributed by atoms with Crippen molar-refractivity contribution in [1.82, 2.24) is 24.5 Å². The first-order chi connectivity index (χ1) is 9.13. The monoisotopic (exact) mass is 267 g/mol. The molecule has 0 amide bonds. The number of hydrogen-bond donors (Lipinski definition) is 0. The molecule has 8 nitrogen and oxygen atoms in total. The SMILES string of the molecule is CCC(C[18F])n1cc(Cn2cnc([N+](=O)[O-])c2)nn1. The number of rotatable bonds is 6. The second-order valence-electron chi connectivity index (χ2n) is 4.07. The van der Waals surface area contributed by atoms with E-state index in [-0.39, 0.29) is 11.9 Å². The summed E-state index contributed by atoms with van der Waals surface area (Å²) in [6.07, 6.45) is 4.92. The number of imidazole rings is 1. The number of halogens is 1. The minimum Gasteiger partial charge on any atom is -0.358 e. The topological polar surface area (TPSA) is 91.7 Å². The van der Waals surface area contributed by atoms with Crippen LogP contribution >= 0.6 is 0 Å². The Morgan fingerprint density at radius 1 is 1.53 bits per heavy atom. The van der Waals surface area contributed by atoms with Crippen molar-refractivity contribution in [1.29, 1.82) is 0 Å². The summed E-state index contributed by atoms with van der Waals surface area (Å²) < 4.78 is 15.7. The van der Waals surface area contributed by atoms with E-state index in [4.69, 9.17) is 0 Å². The molecule has 2 aromatic rings. The van der Waals surface area contributed by atoms with E-state index in [0.717, 1.165) is 0 Å². The molecule has 0 aliphatic rings. The van der Waals surface area contributed by atoms with Crippen LogP contribution in [0.4, 0.5) is 10.2 Å². The summed E-state index contributed by atoms with van der Waals surface area (Å²) in [5.41, 5.74) is 0.596. The summed E-state index contributed by atoms with van der Waals surface area (Å²) in [7, 11) is 0. The van der Waals surface area contributed by atoms with Crippen LogP contribution in [0.1, 0.15) is 25.1 Å². The molecule has 1 atom stereocenters. The van der Waals surface area contributed by atoms with Gasteiger partial charge in [0.15, 0.2) is 0 Å². The highest BCUT2D eigenvalue weighted by Crippen LogP contribution is 2.12. The van der Waals surface area contributed by atoms with Gasteiger partial charge in [-0.05, 0) is 16.3 Å². The minimum atomic E-state index is -0.566. The molecule has 19 heavy (non-hydrogen) atoms. The fourth-order valence-electron chi connectivity index (χ4n) is 1.65. The molecule has 0 saturated carbocycles. The van der Waals surface area contributed by atoms with E-state index in [1.807, 2.05) is 6.92 Å². The maximum atomic E-state index is 12.7. The minimum absolute atomic E-state index is 0.220. The molecule has 1 unspecified atom stereocenters. The van der Waals surface area contributed by atoms with Crippen molar-refractivity contribution in [3.8, 4) is 0 Å². The average molecular weight is 267 g/mol. The lowest BCUT2D eigenvalue weighted by atomic mass is 10.2. The van der Waals surface area contributed by atoms with Crippen molar-refractivity contribution in [2.24, 2.45) is 0 Å². The van der Waals surface area contributed by atoms with Crippen LogP contribution in [0.25, 0.3) is 0 Å². The van der Waals surface area contributed by atoms with Gasteiger partial charge in [-0.2, -0.15) is 0 Å². The van der Waals surface area contributed by atoms with Crippen LogP contribution in [0.2, 0.25) is 0 Å². The maximum Gasteiger partial charge on any atom is 0.381 e. The Labute approximate surface area is 108 Å². The van der Waals surface area contributed by atoms with Gasteiger partial charge in [-0.3, -0.25) is 0 Å². The first kappa shape index (κ1) is 13.1. The molecule has 2 rings (SSSR count). The molecule has 0 aliphatic carbocycles. The number of nitrogens with zero attached hydrogens (tertiary/aromatic N) is 6. The van der Waals surface area contributed by atoms with Gasteiger partial charge in [0.05, 0.1) is 18.8 Å². The molecular formula is C10H13FN6O2. The van der Waals surface area contributed by atoms with Gasteiger partial charge in [0.25, 0.3) is 0 Å². The van der Waals surface area contributed by atoms with Gasteiger partial charge in [-0.1, -0.05) is 12.1 Å². The van der Waals surface area contributed by atoms with Crippen LogP contribution in [0, 0.1) is 10.1 Å². The molecule has 9 heteroatoms. The molecule has 0 saturated heterocycles. The number of hydrogen-bond acceptors (Lipinski definition) is 5. The van der Waals surface area contributed by atoms with Crippen molar-refractivity contribution >= 4 is 5.82 Å². The lowest BCUT2D eigenvalue weighted by Gasteiger charge is -2.08. The van der Waals surface area contributed by atoms with Crippen molar-refractivity contribution in [2.75, 3.05) is 6.67 Å². The Hall–Kier alpha value is -2.32. The summed E-state index contributed by atoms with van der Waals surface area (Å²) >= 11 is 0. The Morgan fingerprint density at radius 3 is 2.89 bits per heavy atom. The third kappa shape index (κ3) is 2.92. The Balaban J connectivity index is 2.08. The Bertz CT molecular complexity index is 562. The van der Waals surface area contributed by atoms with E-state index < -0.39 is 11.6 Å². The van der Waals surface area contributed by atoms with Gasteiger partial charge in [-0.15, -0.1) is 5.10 Å².